The fourth-order valence-electron chi connectivity index (χ4n) is 12.6. The molecule has 18 N–H and O–H groups in total. The summed E-state index contributed by atoms with van der Waals surface area (Å²) in [6, 6.07) is 2.82. The first-order valence-corrected chi connectivity index (χ1v) is 35.2. The van der Waals surface area contributed by atoms with Gasteiger partial charge in [0.2, 0.25) is 70.9 Å². The first-order chi connectivity index (χ1) is 46.7. The Kier molecular flexibility index (Phi) is 33.5. The summed E-state index contributed by atoms with van der Waals surface area (Å²) in [5.41, 5.74) is 25.2. The van der Waals surface area contributed by atoms with Crippen LogP contribution in [0.4, 0.5) is 0 Å². The molecule has 5 rings (SSSR count). The van der Waals surface area contributed by atoms with Crippen LogP contribution in [0.5, 0.6) is 0 Å². The van der Waals surface area contributed by atoms with Gasteiger partial charge in [0.15, 0.2) is 0 Å². The Hall–Kier alpha value is -8.08. The van der Waals surface area contributed by atoms with Gasteiger partial charge in [-0.1, -0.05) is 116 Å². The van der Waals surface area contributed by atoms with Crippen molar-refractivity contribution in [2.75, 3.05) is 39.3 Å². The van der Waals surface area contributed by atoms with Crippen molar-refractivity contribution < 1.29 is 57.5 Å². The fourth-order valence-corrected chi connectivity index (χ4v) is 12.6. The van der Waals surface area contributed by atoms with Crippen LogP contribution in [0.15, 0.2) is 60.7 Å². The maximum absolute atomic E-state index is 15.1. The molecule has 98 heavy (non-hydrogen) atoms. The lowest BCUT2D eigenvalue weighted by Gasteiger charge is -2.32. The second kappa shape index (κ2) is 40.7. The van der Waals surface area contributed by atoms with Crippen molar-refractivity contribution in [3.05, 3.63) is 71.8 Å². The molecule has 0 radical (unpaired) electrons. The summed E-state index contributed by atoms with van der Waals surface area (Å²) in [5, 5.41) is 28.3. The van der Waals surface area contributed by atoms with Crippen LogP contribution in [0.2, 0.25) is 0 Å². The molecule has 28 nitrogen and oxygen atoms in total. The highest BCUT2D eigenvalue weighted by molar-refractivity contribution is 6.00. The van der Waals surface area contributed by atoms with Crippen LogP contribution in [-0.2, 0) is 70.4 Å². The van der Waals surface area contributed by atoms with Crippen molar-refractivity contribution in [1.82, 2.24) is 63.0 Å². The van der Waals surface area contributed by atoms with Crippen LogP contribution >= 0.6 is 0 Å². The standard InChI is InChI=1S/C70H112N16O12/c1-41(2)37-51-63(91)81-53(39-45-21-11-9-12-22-45)69(97)85-35-19-29-55(85)65(93)75-50(28-18-34-74)62(90)84-58(44(7)8)68(96)78-48(26-16-32-72)60(88)80-52(38-42(3)4)64(92)82-54(40-46-23-13-10-14-24-46)70(98)86-36-20-30-56(86)66(94)76-49(27-17-33-73)61(89)83-57(43(5)6)67(95)77-47(25-15-31-71)59(87)79-51/h9-14,21-24,41-44,47-58H,15-20,25-40,71-74H2,1-8H3,(H,75,93)(H,76,94)(H,77,95)(H,78,96)(H,79,87)(H,80,88)(H,81,91)(H,82,92)(H,83,89)(H,84,90)/t47-,48-,49+,50+,51-,52-,53+,54+,55-,56-,57-,58-/m0/s1. The van der Waals surface area contributed by atoms with E-state index in [2.05, 4.69) is 53.2 Å². The van der Waals surface area contributed by atoms with Gasteiger partial charge in [-0.15, -0.1) is 0 Å². The second-order valence-electron chi connectivity index (χ2n) is 27.7. The molecular formula is C70H112N16O12. The van der Waals surface area contributed by atoms with Gasteiger partial charge < -0.3 is 85.9 Å². The van der Waals surface area contributed by atoms with Gasteiger partial charge in [0.1, 0.15) is 72.5 Å². The minimum absolute atomic E-state index is 0.0194. The normalized spacial score (nSPS) is 26.3. The van der Waals surface area contributed by atoms with E-state index in [4.69, 9.17) is 22.9 Å². The average Bonchev–Trinajstić information content (AvgIpc) is 1.57. The Bertz CT molecular complexity index is 2780. The van der Waals surface area contributed by atoms with E-state index in [-0.39, 0.29) is 141 Å². The molecule has 3 saturated heterocycles. The zero-order chi connectivity index (χ0) is 72.2. The predicted octanol–water partition coefficient (Wildman–Crippen LogP) is -0.325. The SMILES string of the molecule is CC(C)C[C@@H]1NC(=O)[C@H](CCCN)NC(=O)[C@H](C(C)C)NC(=O)[C@@H](CCCN)NC(=O)[C@@H]2CCCN2C(=O)[C@@H](Cc2ccccc2)NC(=O)[C@H](CC(C)C)NC(=O)[C@H](CCCN)NC(=O)[C@H](C(C)C)NC(=O)[C@@H](CCCN)NC(=O)[C@@H]2CCCN2C(=O)[C@@H](Cc2ccccc2)NC1=O. The highest BCUT2D eigenvalue weighted by Gasteiger charge is 2.44. The molecule has 3 aliphatic heterocycles. The summed E-state index contributed by atoms with van der Waals surface area (Å²) in [6.07, 6.45) is 2.42. The van der Waals surface area contributed by atoms with E-state index >= 15 is 9.59 Å². The number of amides is 12. The lowest BCUT2D eigenvalue weighted by Crippen LogP contribution is -2.62. The van der Waals surface area contributed by atoms with Gasteiger partial charge in [0, 0.05) is 25.9 Å². The van der Waals surface area contributed by atoms with E-state index in [0.717, 1.165) is 0 Å². The van der Waals surface area contributed by atoms with Crippen LogP contribution in [-0.4, -0.2) is 192 Å². The van der Waals surface area contributed by atoms with E-state index in [1.165, 1.54) is 9.80 Å². The average molecular weight is 1370 g/mol. The maximum Gasteiger partial charge on any atom is 0.246 e. The van der Waals surface area contributed by atoms with Gasteiger partial charge in [0.25, 0.3) is 0 Å². The molecule has 2 aromatic carbocycles. The first kappa shape index (κ1) is 80.6. The topological polar surface area (TPSA) is 436 Å². The number of hydrogen-bond acceptors (Lipinski definition) is 16. The van der Waals surface area contributed by atoms with E-state index < -0.39 is 155 Å². The molecule has 3 fully saturated rings. The number of nitrogens with one attached hydrogen (secondary N) is 10. The van der Waals surface area contributed by atoms with Crippen molar-refractivity contribution in [1.29, 1.82) is 0 Å². The van der Waals surface area contributed by atoms with Gasteiger partial charge in [-0.3, -0.25) is 57.5 Å². The van der Waals surface area contributed by atoms with Gasteiger partial charge in [-0.25, -0.2) is 0 Å². The molecule has 12 atom stereocenters. The quantitative estimate of drug-likeness (QED) is 0.0718. The zero-order valence-corrected chi connectivity index (χ0v) is 58.7. The van der Waals surface area contributed by atoms with E-state index in [0.29, 0.717) is 24.0 Å². The number of fused-ring (bicyclic) bond motifs is 2. The highest BCUT2D eigenvalue weighted by Crippen LogP contribution is 2.24. The third-order valence-corrected chi connectivity index (χ3v) is 18.0. The molecule has 0 aromatic heterocycles. The van der Waals surface area contributed by atoms with Crippen LogP contribution in [0.1, 0.15) is 156 Å². The smallest absolute Gasteiger partial charge is 0.246 e. The number of carbonyl (C=O) groups excluding carboxylic acids is 12. The molecule has 544 valence electrons. The van der Waals surface area contributed by atoms with E-state index in [9.17, 15) is 47.9 Å². The van der Waals surface area contributed by atoms with E-state index in [1.54, 1.807) is 88.4 Å². The number of rotatable bonds is 22. The highest BCUT2D eigenvalue weighted by atomic mass is 16.2. The third kappa shape index (κ3) is 24.7. The van der Waals surface area contributed by atoms with Gasteiger partial charge in [0.05, 0.1) is 0 Å². The van der Waals surface area contributed by atoms with Crippen molar-refractivity contribution >= 4 is 70.9 Å². The van der Waals surface area contributed by atoms with Crippen molar-refractivity contribution in [2.24, 2.45) is 46.6 Å². The Morgan fingerprint density at radius 3 is 0.898 bits per heavy atom. The molecule has 28 heteroatoms. The molecule has 0 unspecified atom stereocenters. The summed E-state index contributed by atoms with van der Waals surface area (Å²) in [6.45, 7) is 14.9. The zero-order valence-electron chi connectivity index (χ0n) is 58.7. The number of carbonyl (C=O) groups is 12. The van der Waals surface area contributed by atoms with E-state index in [1.807, 2.05) is 27.7 Å². The third-order valence-electron chi connectivity index (χ3n) is 18.0. The van der Waals surface area contributed by atoms with Crippen LogP contribution in [0.3, 0.4) is 0 Å². The van der Waals surface area contributed by atoms with Gasteiger partial charge in [-0.2, -0.15) is 0 Å². The number of nitrogens with two attached hydrogens (primary N) is 4. The second-order valence-corrected chi connectivity index (χ2v) is 27.7. The summed E-state index contributed by atoms with van der Waals surface area (Å²) >= 11 is 0. The van der Waals surface area contributed by atoms with Gasteiger partial charge >= 0.3 is 0 Å². The number of nitrogens with zero attached hydrogens (tertiary/aromatic N) is 2. The molecule has 0 spiro atoms. The Morgan fingerprint density at radius 1 is 0.347 bits per heavy atom. The first-order valence-electron chi connectivity index (χ1n) is 35.2. The molecule has 0 aliphatic carbocycles. The monoisotopic (exact) mass is 1370 g/mol. The minimum atomic E-state index is -1.29. The van der Waals surface area contributed by atoms with Crippen LogP contribution < -0.4 is 76.1 Å². The van der Waals surface area contributed by atoms with Crippen LogP contribution in [0, 0.1) is 23.7 Å². The summed E-state index contributed by atoms with van der Waals surface area (Å²) < 4.78 is 0. The van der Waals surface area contributed by atoms with Crippen molar-refractivity contribution in [2.45, 2.75) is 231 Å². The Morgan fingerprint density at radius 2 is 0.612 bits per heavy atom. The lowest BCUT2D eigenvalue weighted by atomic mass is 9.99. The minimum Gasteiger partial charge on any atom is -0.343 e. The molecule has 0 saturated carbocycles. The van der Waals surface area contributed by atoms with Crippen molar-refractivity contribution in [3.8, 4) is 0 Å². The largest absolute Gasteiger partial charge is 0.343 e. The van der Waals surface area contributed by atoms with Crippen LogP contribution in [0.25, 0.3) is 0 Å². The van der Waals surface area contributed by atoms with Crippen molar-refractivity contribution in [3.63, 3.8) is 0 Å². The molecule has 2 aromatic rings. The number of hydrogen-bond donors (Lipinski definition) is 14. The summed E-state index contributed by atoms with van der Waals surface area (Å²) in [5.74, 6) is -10.1. The molecule has 0 bridgehead atoms. The summed E-state index contributed by atoms with van der Waals surface area (Å²) in [4.78, 5) is 179. The lowest BCUT2D eigenvalue weighted by molar-refractivity contribution is -0.143. The summed E-state index contributed by atoms with van der Waals surface area (Å²) in [7, 11) is 0. The number of benzene rings is 2. The molecular weight excluding hydrogens is 1260 g/mol. The predicted molar refractivity (Wildman–Crippen MR) is 371 cm³/mol. The molecule has 3 heterocycles. The molecule has 3 aliphatic rings. The Labute approximate surface area is 577 Å². The Balaban J connectivity index is 1.60. The fraction of sp³-hybridized carbons (Fsp3) is 0.657. The maximum atomic E-state index is 15.1. The molecule has 12 amide bonds. The van der Waals surface area contributed by atoms with Gasteiger partial charge in [-0.05, 0) is 151 Å².